The summed E-state index contributed by atoms with van der Waals surface area (Å²) in [6, 6.07) is 3.01. The van der Waals surface area contributed by atoms with Gasteiger partial charge in [0.25, 0.3) is 0 Å². The van der Waals surface area contributed by atoms with Crippen LogP contribution in [0.15, 0.2) is 18.3 Å². The quantitative estimate of drug-likeness (QED) is 0.790. The molecular formula is C17H24N2O5. The van der Waals surface area contributed by atoms with Crippen LogP contribution in [0.25, 0.3) is 0 Å². The van der Waals surface area contributed by atoms with Crippen LogP contribution in [-0.4, -0.2) is 53.9 Å². The highest BCUT2D eigenvalue weighted by Gasteiger charge is 2.32. The van der Waals surface area contributed by atoms with Gasteiger partial charge in [0.05, 0.1) is 31.1 Å². The molecule has 0 N–H and O–H groups in total. The first-order chi connectivity index (χ1) is 11.3. The van der Waals surface area contributed by atoms with Gasteiger partial charge in [0.1, 0.15) is 11.6 Å². The summed E-state index contributed by atoms with van der Waals surface area (Å²) in [5, 5.41) is 0. The van der Waals surface area contributed by atoms with Crippen LogP contribution in [0.2, 0.25) is 0 Å². The second kappa shape index (κ2) is 7.61. The van der Waals surface area contributed by atoms with E-state index in [0.29, 0.717) is 37.6 Å². The van der Waals surface area contributed by atoms with Crippen LogP contribution < -0.4 is 0 Å². The smallest absolute Gasteiger partial charge is 0.411 e. The Morgan fingerprint density at radius 2 is 2.12 bits per heavy atom. The summed E-state index contributed by atoms with van der Waals surface area (Å²) >= 11 is 0. The summed E-state index contributed by atoms with van der Waals surface area (Å²) in [5.41, 5.74) is 0.455. The maximum atomic E-state index is 12.4. The van der Waals surface area contributed by atoms with Crippen LogP contribution in [0.3, 0.4) is 0 Å². The average molecular weight is 336 g/mol. The van der Waals surface area contributed by atoms with Crippen molar-refractivity contribution in [2.75, 3.05) is 26.4 Å². The lowest BCUT2D eigenvalue weighted by molar-refractivity contribution is -0.0340. The molecule has 1 amide bonds. The number of pyridine rings is 1. The van der Waals surface area contributed by atoms with Crippen molar-refractivity contribution in [3.8, 4) is 0 Å². The Balaban J connectivity index is 2.15. The number of amides is 1. The van der Waals surface area contributed by atoms with E-state index in [2.05, 4.69) is 4.98 Å². The second-order valence-electron chi connectivity index (χ2n) is 6.46. The van der Waals surface area contributed by atoms with Gasteiger partial charge >= 0.3 is 12.1 Å². The number of carbonyl (C=O) groups excluding carboxylic acids is 2. The lowest BCUT2D eigenvalue weighted by Gasteiger charge is -2.36. The highest BCUT2D eigenvalue weighted by atomic mass is 16.6. The molecule has 0 bridgehead atoms. The van der Waals surface area contributed by atoms with Gasteiger partial charge in [-0.1, -0.05) is 0 Å². The van der Waals surface area contributed by atoms with Crippen LogP contribution in [0.5, 0.6) is 0 Å². The molecule has 0 saturated carbocycles. The van der Waals surface area contributed by atoms with Crippen LogP contribution in [0, 0.1) is 0 Å². The van der Waals surface area contributed by atoms with Crippen molar-refractivity contribution in [3.63, 3.8) is 0 Å². The highest BCUT2D eigenvalue weighted by molar-refractivity contribution is 5.88. The van der Waals surface area contributed by atoms with Gasteiger partial charge in [0.2, 0.25) is 0 Å². The van der Waals surface area contributed by atoms with E-state index in [1.807, 2.05) is 20.8 Å². The molecule has 0 aliphatic carbocycles. The monoisotopic (exact) mass is 336 g/mol. The van der Waals surface area contributed by atoms with Crippen LogP contribution in [0.1, 0.15) is 49.8 Å². The van der Waals surface area contributed by atoms with Gasteiger partial charge in [-0.15, -0.1) is 0 Å². The molecule has 7 heteroatoms. The summed E-state index contributed by atoms with van der Waals surface area (Å²) in [7, 11) is 0. The summed E-state index contributed by atoms with van der Waals surface area (Å²) in [4.78, 5) is 30.0. The molecule has 24 heavy (non-hydrogen) atoms. The first kappa shape index (κ1) is 18.2. The maximum absolute atomic E-state index is 12.4. The number of nitrogens with zero attached hydrogens (tertiary/aromatic N) is 2. The second-order valence-corrected chi connectivity index (χ2v) is 6.46. The van der Waals surface area contributed by atoms with E-state index < -0.39 is 17.7 Å². The number of rotatable bonds is 3. The number of carbonyl (C=O) groups is 2. The molecule has 1 aromatic heterocycles. The molecule has 1 aliphatic rings. The Morgan fingerprint density at radius 3 is 2.71 bits per heavy atom. The predicted octanol–water partition coefficient (Wildman–Crippen LogP) is 2.57. The van der Waals surface area contributed by atoms with E-state index in [4.69, 9.17) is 14.2 Å². The van der Waals surface area contributed by atoms with E-state index >= 15 is 0 Å². The molecule has 1 saturated heterocycles. The molecular weight excluding hydrogens is 312 g/mol. The van der Waals surface area contributed by atoms with E-state index in [0.717, 1.165) is 0 Å². The summed E-state index contributed by atoms with van der Waals surface area (Å²) < 4.78 is 15.9. The molecule has 1 aliphatic heterocycles. The molecule has 2 heterocycles. The van der Waals surface area contributed by atoms with Gasteiger partial charge in [-0.3, -0.25) is 9.88 Å². The molecule has 7 nitrogen and oxygen atoms in total. The summed E-state index contributed by atoms with van der Waals surface area (Å²) in [6.45, 7) is 8.76. The van der Waals surface area contributed by atoms with Gasteiger partial charge in [0.15, 0.2) is 0 Å². The molecule has 1 fully saturated rings. The summed E-state index contributed by atoms with van der Waals surface area (Å²) in [5.74, 6) is -0.416. The van der Waals surface area contributed by atoms with Crippen molar-refractivity contribution in [1.82, 2.24) is 9.88 Å². The van der Waals surface area contributed by atoms with Gasteiger partial charge in [0, 0.05) is 12.7 Å². The molecule has 1 atom stereocenters. The van der Waals surface area contributed by atoms with E-state index in [1.54, 1.807) is 24.0 Å². The van der Waals surface area contributed by atoms with Crippen molar-refractivity contribution in [2.24, 2.45) is 0 Å². The third-order valence-electron chi connectivity index (χ3n) is 3.40. The van der Waals surface area contributed by atoms with Crippen molar-refractivity contribution in [2.45, 2.75) is 39.3 Å². The number of ether oxygens (including phenoxy) is 3. The Hall–Kier alpha value is -2.15. The molecule has 0 aromatic carbocycles. The zero-order valence-corrected chi connectivity index (χ0v) is 14.6. The molecule has 2 rings (SSSR count). The van der Waals surface area contributed by atoms with Gasteiger partial charge < -0.3 is 14.2 Å². The van der Waals surface area contributed by atoms with Gasteiger partial charge in [-0.05, 0) is 39.8 Å². The molecule has 1 unspecified atom stereocenters. The zero-order chi connectivity index (χ0) is 17.7. The van der Waals surface area contributed by atoms with E-state index in [1.165, 1.54) is 6.20 Å². The standard InChI is InChI=1S/C17H24N2O5/c1-5-23-15(20)12-6-7-13(18-10-12)14-11-22-9-8-19(14)16(21)24-17(2,3)4/h6-7,10,14H,5,8-9,11H2,1-4H3. The molecule has 132 valence electrons. The fraction of sp³-hybridized carbons (Fsp3) is 0.588. The summed E-state index contributed by atoms with van der Waals surface area (Å²) in [6.07, 6.45) is 1.06. The number of esters is 1. The lowest BCUT2D eigenvalue weighted by Crippen LogP contribution is -2.46. The average Bonchev–Trinajstić information content (AvgIpc) is 2.53. The fourth-order valence-electron chi connectivity index (χ4n) is 2.33. The largest absolute Gasteiger partial charge is 0.462 e. The normalized spacial score (nSPS) is 18.2. The van der Waals surface area contributed by atoms with Crippen molar-refractivity contribution < 1.29 is 23.8 Å². The Kier molecular flexibility index (Phi) is 5.77. The van der Waals surface area contributed by atoms with E-state index in [9.17, 15) is 9.59 Å². The lowest BCUT2D eigenvalue weighted by atomic mass is 10.1. The number of morpholine rings is 1. The minimum atomic E-state index is -0.568. The Bertz CT molecular complexity index is 580. The molecule has 0 radical (unpaired) electrons. The zero-order valence-electron chi connectivity index (χ0n) is 14.6. The van der Waals surface area contributed by atoms with Crippen LogP contribution in [-0.2, 0) is 14.2 Å². The predicted molar refractivity (Wildman–Crippen MR) is 86.7 cm³/mol. The third kappa shape index (κ3) is 4.67. The van der Waals surface area contributed by atoms with Crippen molar-refractivity contribution in [1.29, 1.82) is 0 Å². The van der Waals surface area contributed by atoms with Crippen LogP contribution >= 0.6 is 0 Å². The first-order valence-corrected chi connectivity index (χ1v) is 8.02. The minimum Gasteiger partial charge on any atom is -0.462 e. The third-order valence-corrected chi connectivity index (χ3v) is 3.40. The van der Waals surface area contributed by atoms with E-state index in [-0.39, 0.29) is 6.04 Å². The number of hydrogen-bond acceptors (Lipinski definition) is 6. The number of aromatic nitrogens is 1. The topological polar surface area (TPSA) is 78.0 Å². The van der Waals surface area contributed by atoms with Gasteiger partial charge in [-0.25, -0.2) is 9.59 Å². The van der Waals surface area contributed by atoms with Gasteiger partial charge in [-0.2, -0.15) is 0 Å². The maximum Gasteiger partial charge on any atom is 0.411 e. The molecule has 1 aromatic rings. The highest BCUT2D eigenvalue weighted by Crippen LogP contribution is 2.25. The van der Waals surface area contributed by atoms with Crippen molar-refractivity contribution in [3.05, 3.63) is 29.6 Å². The minimum absolute atomic E-state index is 0.309. The first-order valence-electron chi connectivity index (χ1n) is 8.02. The van der Waals surface area contributed by atoms with Crippen molar-refractivity contribution >= 4 is 12.1 Å². The fourth-order valence-corrected chi connectivity index (χ4v) is 2.33. The van der Waals surface area contributed by atoms with Crippen LogP contribution in [0.4, 0.5) is 4.79 Å². The Labute approximate surface area is 141 Å². The number of hydrogen-bond donors (Lipinski definition) is 0. The Morgan fingerprint density at radius 1 is 1.38 bits per heavy atom. The molecule has 0 spiro atoms. The SMILES string of the molecule is CCOC(=O)c1ccc(C2COCCN2C(=O)OC(C)(C)C)nc1.